The van der Waals surface area contributed by atoms with Crippen molar-refractivity contribution in [3.63, 3.8) is 0 Å². The summed E-state index contributed by atoms with van der Waals surface area (Å²) >= 11 is 1.46. The monoisotopic (exact) mass is 302 g/mol. The van der Waals surface area contributed by atoms with Crippen LogP contribution in [0.1, 0.15) is 38.5 Å². The number of carbonyl (C=O) groups is 2. The quantitative estimate of drug-likeness (QED) is 0.596. The van der Waals surface area contributed by atoms with E-state index in [4.69, 9.17) is 4.74 Å². The standard InChI is InChI=1S/C17H18O3S/c1-12-4-3-5-14(10-12)11-20-17(19)9-7-15(18)16-8-6-13(2)21-16/h3-6,8,10H,7,9,11H2,1-2H3. The van der Waals surface area contributed by atoms with E-state index in [1.807, 2.05) is 44.2 Å². The van der Waals surface area contributed by atoms with Gasteiger partial charge in [0.1, 0.15) is 6.61 Å². The first-order chi connectivity index (χ1) is 10.0. The number of esters is 1. The largest absolute Gasteiger partial charge is 0.461 e. The molecule has 4 heteroatoms. The number of ketones is 1. The fraction of sp³-hybridized carbons (Fsp3) is 0.294. The molecular formula is C17H18O3S. The number of thiophene rings is 1. The molecule has 0 amide bonds. The molecule has 0 saturated heterocycles. The molecule has 0 aliphatic heterocycles. The molecule has 110 valence electrons. The Balaban J connectivity index is 1.76. The predicted molar refractivity (Wildman–Crippen MR) is 83.6 cm³/mol. The van der Waals surface area contributed by atoms with E-state index in [-0.39, 0.29) is 31.2 Å². The van der Waals surface area contributed by atoms with Gasteiger partial charge in [-0.15, -0.1) is 11.3 Å². The van der Waals surface area contributed by atoms with Gasteiger partial charge in [-0.2, -0.15) is 0 Å². The predicted octanol–water partition coefficient (Wildman–Crippen LogP) is 4.07. The molecule has 0 N–H and O–H groups in total. The van der Waals surface area contributed by atoms with Gasteiger partial charge in [-0.3, -0.25) is 9.59 Å². The summed E-state index contributed by atoms with van der Waals surface area (Å²) in [5.41, 5.74) is 2.09. The first kappa shape index (κ1) is 15.4. The molecule has 2 aromatic rings. The number of rotatable bonds is 6. The van der Waals surface area contributed by atoms with E-state index in [1.54, 1.807) is 6.07 Å². The van der Waals surface area contributed by atoms with E-state index < -0.39 is 0 Å². The number of benzene rings is 1. The average Bonchev–Trinajstić information content (AvgIpc) is 2.89. The topological polar surface area (TPSA) is 43.4 Å². The minimum atomic E-state index is -0.335. The number of ether oxygens (including phenoxy) is 1. The molecule has 0 aliphatic carbocycles. The van der Waals surface area contributed by atoms with Gasteiger partial charge < -0.3 is 4.74 Å². The van der Waals surface area contributed by atoms with E-state index in [0.29, 0.717) is 4.88 Å². The maximum absolute atomic E-state index is 11.9. The first-order valence-corrected chi connectivity index (χ1v) is 7.67. The van der Waals surface area contributed by atoms with Crippen molar-refractivity contribution in [2.45, 2.75) is 33.3 Å². The zero-order valence-corrected chi connectivity index (χ0v) is 13.0. The highest BCUT2D eigenvalue weighted by Gasteiger charge is 2.12. The Hall–Kier alpha value is -1.94. The van der Waals surface area contributed by atoms with Crippen LogP contribution in [0.5, 0.6) is 0 Å². The summed E-state index contributed by atoms with van der Waals surface area (Å²) < 4.78 is 5.19. The van der Waals surface area contributed by atoms with E-state index in [1.165, 1.54) is 11.3 Å². The molecular weight excluding hydrogens is 284 g/mol. The molecule has 0 spiro atoms. The average molecular weight is 302 g/mol. The van der Waals surface area contributed by atoms with Gasteiger partial charge >= 0.3 is 5.97 Å². The van der Waals surface area contributed by atoms with Crippen LogP contribution in [0, 0.1) is 13.8 Å². The highest BCUT2D eigenvalue weighted by atomic mass is 32.1. The Morgan fingerprint density at radius 1 is 1.10 bits per heavy atom. The lowest BCUT2D eigenvalue weighted by atomic mass is 10.1. The van der Waals surface area contributed by atoms with Gasteiger partial charge in [0.2, 0.25) is 0 Å². The van der Waals surface area contributed by atoms with Crippen LogP contribution in [0.4, 0.5) is 0 Å². The summed E-state index contributed by atoms with van der Waals surface area (Å²) in [6.45, 7) is 4.21. The van der Waals surface area contributed by atoms with Gasteiger partial charge in [-0.1, -0.05) is 29.8 Å². The Labute approximate surface area is 128 Å². The number of hydrogen-bond donors (Lipinski definition) is 0. The van der Waals surface area contributed by atoms with Crippen LogP contribution in [0.25, 0.3) is 0 Å². The maximum atomic E-state index is 11.9. The third-order valence-corrected chi connectivity index (χ3v) is 4.10. The Bertz CT molecular complexity index is 643. The van der Waals surface area contributed by atoms with Crippen LogP contribution >= 0.6 is 11.3 Å². The molecule has 2 rings (SSSR count). The van der Waals surface area contributed by atoms with Gasteiger partial charge in [0.05, 0.1) is 11.3 Å². The van der Waals surface area contributed by atoms with Crippen LogP contribution < -0.4 is 0 Å². The summed E-state index contributed by atoms with van der Waals surface area (Å²) in [7, 11) is 0. The van der Waals surface area contributed by atoms with Crippen molar-refractivity contribution >= 4 is 23.1 Å². The Morgan fingerprint density at radius 3 is 2.57 bits per heavy atom. The molecule has 1 aromatic carbocycles. The van der Waals surface area contributed by atoms with E-state index in [2.05, 4.69) is 0 Å². The SMILES string of the molecule is Cc1cccc(COC(=O)CCC(=O)c2ccc(C)s2)c1. The molecule has 1 heterocycles. The summed E-state index contributed by atoms with van der Waals surface area (Å²) in [4.78, 5) is 25.4. The van der Waals surface area contributed by atoms with Gasteiger partial charge in [0, 0.05) is 11.3 Å². The summed E-state index contributed by atoms with van der Waals surface area (Å²) in [5.74, 6) is -0.335. The fourth-order valence-electron chi connectivity index (χ4n) is 1.96. The van der Waals surface area contributed by atoms with Crippen molar-refractivity contribution in [3.8, 4) is 0 Å². The zero-order valence-electron chi connectivity index (χ0n) is 12.2. The lowest BCUT2D eigenvalue weighted by Crippen LogP contribution is -2.07. The summed E-state index contributed by atoms with van der Waals surface area (Å²) in [6, 6.07) is 11.5. The summed E-state index contributed by atoms with van der Waals surface area (Å²) in [6.07, 6.45) is 0.328. The fourth-order valence-corrected chi connectivity index (χ4v) is 2.80. The van der Waals surface area contributed by atoms with Crippen molar-refractivity contribution < 1.29 is 14.3 Å². The van der Waals surface area contributed by atoms with Crippen LogP contribution in [0.3, 0.4) is 0 Å². The summed E-state index contributed by atoms with van der Waals surface area (Å²) in [5, 5.41) is 0. The minimum Gasteiger partial charge on any atom is -0.461 e. The second-order valence-corrected chi connectivity index (χ2v) is 6.27. The highest BCUT2D eigenvalue weighted by molar-refractivity contribution is 7.14. The van der Waals surface area contributed by atoms with Gasteiger partial charge in [0.15, 0.2) is 5.78 Å². The van der Waals surface area contributed by atoms with Crippen LogP contribution in [0.15, 0.2) is 36.4 Å². The van der Waals surface area contributed by atoms with Crippen LogP contribution in [0.2, 0.25) is 0 Å². The molecule has 0 aliphatic rings. The van der Waals surface area contributed by atoms with Crippen molar-refractivity contribution in [1.29, 1.82) is 0 Å². The van der Waals surface area contributed by atoms with Crippen molar-refractivity contribution in [1.82, 2.24) is 0 Å². The molecule has 1 aromatic heterocycles. The van der Waals surface area contributed by atoms with Crippen molar-refractivity contribution in [2.75, 3.05) is 0 Å². The van der Waals surface area contributed by atoms with E-state index >= 15 is 0 Å². The number of hydrogen-bond acceptors (Lipinski definition) is 4. The molecule has 0 bridgehead atoms. The van der Waals surface area contributed by atoms with E-state index in [9.17, 15) is 9.59 Å². The minimum absolute atomic E-state index is 0.000561. The zero-order chi connectivity index (χ0) is 15.2. The van der Waals surface area contributed by atoms with Crippen molar-refractivity contribution in [2.24, 2.45) is 0 Å². The highest BCUT2D eigenvalue weighted by Crippen LogP contribution is 2.17. The van der Waals surface area contributed by atoms with Crippen LogP contribution in [-0.2, 0) is 16.1 Å². The van der Waals surface area contributed by atoms with Gasteiger partial charge in [-0.25, -0.2) is 0 Å². The van der Waals surface area contributed by atoms with Crippen molar-refractivity contribution in [3.05, 3.63) is 57.3 Å². The second kappa shape index (κ2) is 7.18. The van der Waals surface area contributed by atoms with Crippen LogP contribution in [-0.4, -0.2) is 11.8 Å². The smallest absolute Gasteiger partial charge is 0.306 e. The normalized spacial score (nSPS) is 10.4. The lowest BCUT2D eigenvalue weighted by Gasteiger charge is -2.05. The molecule has 21 heavy (non-hydrogen) atoms. The molecule has 0 radical (unpaired) electrons. The molecule has 0 saturated carbocycles. The van der Waals surface area contributed by atoms with Gasteiger partial charge in [-0.05, 0) is 31.5 Å². The number of carbonyl (C=O) groups excluding carboxylic acids is 2. The molecule has 3 nitrogen and oxygen atoms in total. The Kier molecular flexibility index (Phi) is 5.28. The first-order valence-electron chi connectivity index (χ1n) is 6.85. The second-order valence-electron chi connectivity index (χ2n) is 4.98. The Morgan fingerprint density at radius 2 is 1.90 bits per heavy atom. The van der Waals surface area contributed by atoms with E-state index in [0.717, 1.165) is 16.0 Å². The van der Waals surface area contributed by atoms with Gasteiger partial charge in [0.25, 0.3) is 0 Å². The number of Topliss-reactive ketones (excluding diaryl/α,β-unsaturated/α-hetero) is 1. The third kappa shape index (κ3) is 4.83. The molecule has 0 fully saturated rings. The molecule has 0 atom stereocenters. The third-order valence-electron chi connectivity index (χ3n) is 3.05. The molecule has 0 unspecified atom stereocenters. The lowest BCUT2D eigenvalue weighted by molar-refractivity contribution is -0.144. The number of aryl methyl sites for hydroxylation is 2. The maximum Gasteiger partial charge on any atom is 0.306 e.